The molecular weight excluding hydrogens is 407 g/mol. The maximum Gasteiger partial charge on any atom is 0.296 e. The molecule has 156 valence electrons. The third-order valence-electron chi connectivity index (χ3n) is 4.94. The van der Waals surface area contributed by atoms with Gasteiger partial charge in [0.05, 0.1) is 29.3 Å². The fourth-order valence-corrected chi connectivity index (χ4v) is 3.56. The van der Waals surface area contributed by atoms with Crippen LogP contribution < -0.4 is 0 Å². The van der Waals surface area contributed by atoms with E-state index in [4.69, 9.17) is 4.42 Å². The molecule has 1 aliphatic rings. The van der Waals surface area contributed by atoms with Gasteiger partial charge in [0.2, 0.25) is 0 Å². The Morgan fingerprint density at radius 1 is 1.13 bits per heavy atom. The second-order valence-corrected chi connectivity index (χ2v) is 6.87. The van der Waals surface area contributed by atoms with Gasteiger partial charge in [-0.1, -0.05) is 24.3 Å². The molecule has 2 aromatic carbocycles. The first-order valence-electron chi connectivity index (χ1n) is 9.18. The SMILES string of the molecule is O=C1C(=O)N(Cc2ccco2)[C@@H](c2cccc(F)c2)/C1=C(\O)c1cccc([N+](=O)[O-])c1. The van der Waals surface area contributed by atoms with Gasteiger partial charge in [0, 0.05) is 17.7 Å². The lowest BCUT2D eigenvalue weighted by Gasteiger charge is -2.24. The molecule has 1 atom stereocenters. The second kappa shape index (κ2) is 7.86. The quantitative estimate of drug-likeness (QED) is 0.219. The number of carbonyl (C=O) groups is 2. The van der Waals surface area contributed by atoms with Crippen molar-refractivity contribution in [2.24, 2.45) is 0 Å². The van der Waals surface area contributed by atoms with Crippen molar-refractivity contribution in [1.82, 2.24) is 4.90 Å². The van der Waals surface area contributed by atoms with Crippen molar-refractivity contribution in [3.05, 3.63) is 105 Å². The third-order valence-corrected chi connectivity index (χ3v) is 4.94. The maximum absolute atomic E-state index is 14.0. The van der Waals surface area contributed by atoms with Gasteiger partial charge in [-0.25, -0.2) is 4.39 Å². The Balaban J connectivity index is 1.89. The summed E-state index contributed by atoms with van der Waals surface area (Å²) in [6.07, 6.45) is 1.41. The first-order valence-corrected chi connectivity index (χ1v) is 9.18. The first-order chi connectivity index (χ1) is 14.9. The highest BCUT2D eigenvalue weighted by Gasteiger charge is 2.46. The standard InChI is InChI=1S/C22H15FN2O6/c23-15-6-1-4-13(10-15)19-18(20(26)14-5-2-7-16(11-14)25(29)30)21(27)22(28)24(19)12-17-8-3-9-31-17/h1-11,19,26H,12H2/b20-18+/t19-/m0/s1. The highest BCUT2D eigenvalue weighted by Crippen LogP contribution is 2.40. The molecule has 2 heterocycles. The average Bonchev–Trinajstić information content (AvgIpc) is 3.36. The Morgan fingerprint density at radius 2 is 1.90 bits per heavy atom. The van der Waals surface area contributed by atoms with E-state index in [0.717, 1.165) is 12.1 Å². The molecule has 8 nitrogen and oxygen atoms in total. The Morgan fingerprint density at radius 3 is 2.58 bits per heavy atom. The molecule has 1 N–H and O–H groups in total. The fourth-order valence-electron chi connectivity index (χ4n) is 3.56. The zero-order valence-corrected chi connectivity index (χ0v) is 15.9. The smallest absolute Gasteiger partial charge is 0.296 e. The van der Waals surface area contributed by atoms with E-state index in [1.807, 2.05) is 0 Å². The number of carbonyl (C=O) groups excluding carboxylic acids is 2. The van der Waals surface area contributed by atoms with Gasteiger partial charge in [-0.15, -0.1) is 0 Å². The number of likely N-dealkylation sites (tertiary alicyclic amines) is 1. The maximum atomic E-state index is 14.0. The van der Waals surface area contributed by atoms with Crippen LogP contribution in [-0.4, -0.2) is 26.6 Å². The minimum atomic E-state index is -1.11. The number of Topliss-reactive ketones (excluding diaryl/α,β-unsaturated/α-hetero) is 1. The van der Waals surface area contributed by atoms with Gasteiger partial charge in [-0.3, -0.25) is 19.7 Å². The minimum Gasteiger partial charge on any atom is -0.507 e. The minimum absolute atomic E-state index is 0.00778. The largest absolute Gasteiger partial charge is 0.507 e. The van der Waals surface area contributed by atoms with E-state index in [1.54, 1.807) is 12.1 Å². The Labute approximate surface area is 175 Å². The number of aliphatic hydroxyl groups excluding tert-OH is 1. The van der Waals surface area contributed by atoms with Gasteiger partial charge in [0.15, 0.2) is 0 Å². The molecule has 0 spiro atoms. The number of nitro groups is 1. The molecule has 9 heteroatoms. The van der Waals surface area contributed by atoms with E-state index in [9.17, 15) is 29.2 Å². The first kappa shape index (κ1) is 20.0. The average molecular weight is 422 g/mol. The zero-order valence-electron chi connectivity index (χ0n) is 15.9. The molecule has 0 unspecified atom stereocenters. The molecule has 1 fully saturated rings. The Hall–Kier alpha value is -4.27. The topological polar surface area (TPSA) is 114 Å². The molecule has 0 bridgehead atoms. The number of benzene rings is 2. The summed E-state index contributed by atoms with van der Waals surface area (Å²) in [5.74, 6) is -2.67. The van der Waals surface area contributed by atoms with Crippen molar-refractivity contribution in [1.29, 1.82) is 0 Å². The number of rotatable bonds is 5. The summed E-state index contributed by atoms with van der Waals surface area (Å²) >= 11 is 0. The number of ketones is 1. The van der Waals surface area contributed by atoms with E-state index >= 15 is 0 Å². The lowest BCUT2D eigenvalue weighted by Crippen LogP contribution is -2.29. The lowest BCUT2D eigenvalue weighted by molar-refractivity contribution is -0.384. The summed E-state index contributed by atoms with van der Waals surface area (Å²) in [6.45, 7) is -0.0928. The van der Waals surface area contributed by atoms with Crippen molar-refractivity contribution >= 4 is 23.1 Å². The molecule has 0 radical (unpaired) electrons. The van der Waals surface area contributed by atoms with Gasteiger partial charge in [0.25, 0.3) is 17.4 Å². The van der Waals surface area contributed by atoms with Gasteiger partial charge in [-0.05, 0) is 29.8 Å². The van der Waals surface area contributed by atoms with Crippen LogP contribution in [-0.2, 0) is 16.1 Å². The second-order valence-electron chi connectivity index (χ2n) is 6.87. The van der Waals surface area contributed by atoms with Crippen LogP contribution >= 0.6 is 0 Å². The molecule has 4 rings (SSSR count). The zero-order chi connectivity index (χ0) is 22.1. The van der Waals surface area contributed by atoms with Crippen molar-refractivity contribution < 1.29 is 28.4 Å². The van der Waals surface area contributed by atoms with Gasteiger partial charge >= 0.3 is 0 Å². The highest BCUT2D eigenvalue weighted by molar-refractivity contribution is 6.46. The Bertz CT molecular complexity index is 1220. The number of furan rings is 1. The number of nitrogens with zero attached hydrogens (tertiary/aromatic N) is 2. The van der Waals surface area contributed by atoms with Crippen molar-refractivity contribution in [3.63, 3.8) is 0 Å². The van der Waals surface area contributed by atoms with Crippen LogP contribution in [0.5, 0.6) is 0 Å². The fraction of sp³-hybridized carbons (Fsp3) is 0.0909. The van der Waals surface area contributed by atoms with Crippen LogP contribution in [0.25, 0.3) is 5.76 Å². The molecule has 0 aliphatic carbocycles. The van der Waals surface area contributed by atoms with Gasteiger partial charge < -0.3 is 14.4 Å². The third kappa shape index (κ3) is 3.68. The number of amides is 1. The molecule has 3 aromatic rings. The normalized spacial score (nSPS) is 17.8. The number of hydrogen-bond donors (Lipinski definition) is 1. The van der Waals surface area contributed by atoms with Gasteiger partial charge in [-0.2, -0.15) is 0 Å². The summed E-state index contributed by atoms with van der Waals surface area (Å²) in [5, 5.41) is 22.0. The number of aliphatic hydroxyl groups is 1. The lowest BCUT2D eigenvalue weighted by atomic mass is 9.95. The highest BCUT2D eigenvalue weighted by atomic mass is 19.1. The molecule has 31 heavy (non-hydrogen) atoms. The van der Waals surface area contributed by atoms with Crippen LogP contribution in [0.3, 0.4) is 0 Å². The summed E-state index contributed by atoms with van der Waals surface area (Å²) in [5.41, 5.74) is -0.330. The van der Waals surface area contributed by atoms with Crippen molar-refractivity contribution in [3.8, 4) is 0 Å². The predicted octanol–water partition coefficient (Wildman–Crippen LogP) is 3.95. The number of halogens is 1. The summed E-state index contributed by atoms with van der Waals surface area (Å²) < 4.78 is 19.2. The van der Waals surface area contributed by atoms with Gasteiger partial charge in [0.1, 0.15) is 17.3 Å². The predicted molar refractivity (Wildman–Crippen MR) is 106 cm³/mol. The molecule has 1 amide bonds. The number of hydrogen-bond acceptors (Lipinski definition) is 6. The van der Waals surface area contributed by atoms with Crippen molar-refractivity contribution in [2.45, 2.75) is 12.6 Å². The molecular formula is C22H15FN2O6. The van der Waals surface area contributed by atoms with E-state index in [0.29, 0.717) is 5.76 Å². The van der Waals surface area contributed by atoms with E-state index in [-0.39, 0.29) is 28.9 Å². The van der Waals surface area contributed by atoms with E-state index < -0.39 is 34.2 Å². The van der Waals surface area contributed by atoms with E-state index in [1.165, 1.54) is 47.6 Å². The van der Waals surface area contributed by atoms with Crippen LogP contribution in [0.4, 0.5) is 10.1 Å². The molecule has 1 saturated heterocycles. The monoisotopic (exact) mass is 422 g/mol. The summed E-state index contributed by atoms with van der Waals surface area (Å²) in [6, 6.07) is 12.5. The molecule has 1 aliphatic heterocycles. The van der Waals surface area contributed by atoms with E-state index in [2.05, 4.69) is 0 Å². The molecule has 0 saturated carbocycles. The van der Waals surface area contributed by atoms with Crippen molar-refractivity contribution in [2.75, 3.05) is 0 Å². The van der Waals surface area contributed by atoms with Crippen LogP contribution in [0.1, 0.15) is 22.9 Å². The van der Waals surface area contributed by atoms with Crippen LogP contribution in [0.15, 0.2) is 76.9 Å². The molecule has 1 aromatic heterocycles. The number of non-ortho nitro benzene ring substituents is 1. The summed E-state index contributed by atoms with van der Waals surface area (Å²) in [4.78, 5) is 37.3. The van der Waals surface area contributed by atoms with Crippen LogP contribution in [0, 0.1) is 15.9 Å². The number of nitro benzene ring substituents is 1. The van der Waals surface area contributed by atoms with Crippen LogP contribution in [0.2, 0.25) is 0 Å². The summed E-state index contributed by atoms with van der Waals surface area (Å²) in [7, 11) is 0. The Kier molecular flexibility index (Phi) is 5.08.